The molecular formula is C16H12ClN3O2. The predicted molar refractivity (Wildman–Crippen MR) is 84.7 cm³/mol. The highest BCUT2D eigenvalue weighted by Crippen LogP contribution is 2.17. The van der Waals surface area contributed by atoms with E-state index in [0.29, 0.717) is 16.1 Å². The summed E-state index contributed by atoms with van der Waals surface area (Å²) in [5.74, 6) is -0.801. The van der Waals surface area contributed by atoms with Gasteiger partial charge in [-0.05, 0) is 30.3 Å². The molecule has 1 heterocycles. The maximum atomic E-state index is 12.1. The molecule has 3 rings (SSSR count). The van der Waals surface area contributed by atoms with E-state index in [2.05, 4.69) is 15.8 Å². The summed E-state index contributed by atoms with van der Waals surface area (Å²) in [6, 6.07) is 13.8. The van der Waals surface area contributed by atoms with Crippen molar-refractivity contribution in [3.8, 4) is 0 Å². The minimum absolute atomic E-state index is 0.389. The van der Waals surface area contributed by atoms with Crippen molar-refractivity contribution in [2.24, 2.45) is 0 Å². The summed E-state index contributed by atoms with van der Waals surface area (Å²) in [5.41, 5.74) is 6.50. The normalized spacial score (nSPS) is 10.4. The molecule has 0 radical (unpaired) electrons. The third-order valence-corrected chi connectivity index (χ3v) is 3.48. The topological polar surface area (TPSA) is 74.0 Å². The number of hydrogen-bond acceptors (Lipinski definition) is 2. The zero-order valence-corrected chi connectivity index (χ0v) is 12.1. The van der Waals surface area contributed by atoms with Crippen LogP contribution in [-0.4, -0.2) is 16.8 Å². The fourth-order valence-electron chi connectivity index (χ4n) is 2.11. The van der Waals surface area contributed by atoms with Gasteiger partial charge in [0.1, 0.15) is 0 Å². The molecule has 0 fully saturated rings. The molecule has 6 heteroatoms. The fourth-order valence-corrected chi connectivity index (χ4v) is 2.24. The highest BCUT2D eigenvalue weighted by atomic mass is 35.5. The molecule has 0 aliphatic rings. The quantitative estimate of drug-likeness (QED) is 0.636. The zero-order chi connectivity index (χ0) is 15.5. The Morgan fingerprint density at radius 1 is 0.909 bits per heavy atom. The molecule has 0 atom stereocenters. The second kappa shape index (κ2) is 5.91. The van der Waals surface area contributed by atoms with Crippen LogP contribution in [0.15, 0.2) is 54.7 Å². The van der Waals surface area contributed by atoms with Gasteiger partial charge >= 0.3 is 0 Å². The van der Waals surface area contributed by atoms with Gasteiger partial charge in [-0.3, -0.25) is 20.4 Å². The van der Waals surface area contributed by atoms with Crippen LogP contribution in [0.4, 0.5) is 0 Å². The molecule has 0 unspecified atom stereocenters. The third kappa shape index (κ3) is 2.80. The van der Waals surface area contributed by atoms with Gasteiger partial charge in [0.2, 0.25) is 0 Å². The molecular weight excluding hydrogens is 302 g/mol. The fraction of sp³-hybridized carbons (Fsp3) is 0. The van der Waals surface area contributed by atoms with E-state index in [1.165, 1.54) is 0 Å². The summed E-state index contributed by atoms with van der Waals surface area (Å²) in [7, 11) is 0. The molecule has 2 aromatic carbocycles. The number of fused-ring (bicyclic) bond motifs is 1. The Kier molecular flexibility index (Phi) is 3.80. The van der Waals surface area contributed by atoms with Crippen LogP contribution in [0.2, 0.25) is 5.02 Å². The molecule has 3 N–H and O–H groups in total. The highest BCUT2D eigenvalue weighted by molar-refractivity contribution is 6.30. The van der Waals surface area contributed by atoms with Crippen molar-refractivity contribution in [1.29, 1.82) is 0 Å². The van der Waals surface area contributed by atoms with E-state index in [0.717, 1.165) is 10.9 Å². The summed E-state index contributed by atoms with van der Waals surface area (Å²) < 4.78 is 0. The Morgan fingerprint density at radius 3 is 2.36 bits per heavy atom. The van der Waals surface area contributed by atoms with Crippen molar-refractivity contribution in [3.05, 3.63) is 70.9 Å². The molecule has 0 aliphatic carbocycles. The number of halogens is 1. The Morgan fingerprint density at radius 2 is 1.59 bits per heavy atom. The summed E-state index contributed by atoms with van der Waals surface area (Å²) in [5, 5.41) is 1.33. The van der Waals surface area contributed by atoms with Crippen molar-refractivity contribution < 1.29 is 9.59 Å². The lowest BCUT2D eigenvalue weighted by atomic mass is 10.2. The molecule has 2 amide bonds. The monoisotopic (exact) mass is 313 g/mol. The molecule has 110 valence electrons. The second-order valence-electron chi connectivity index (χ2n) is 4.66. The van der Waals surface area contributed by atoms with Gasteiger partial charge in [-0.2, -0.15) is 0 Å². The van der Waals surface area contributed by atoms with Crippen molar-refractivity contribution >= 4 is 34.3 Å². The maximum absolute atomic E-state index is 12.1. The van der Waals surface area contributed by atoms with Crippen LogP contribution >= 0.6 is 11.6 Å². The van der Waals surface area contributed by atoms with E-state index in [-0.39, 0.29) is 5.91 Å². The molecule has 5 nitrogen and oxygen atoms in total. The zero-order valence-electron chi connectivity index (χ0n) is 11.4. The van der Waals surface area contributed by atoms with Crippen molar-refractivity contribution in [3.63, 3.8) is 0 Å². The van der Waals surface area contributed by atoms with Gasteiger partial charge in [0, 0.05) is 27.7 Å². The molecule has 0 aliphatic heterocycles. The third-order valence-electron chi connectivity index (χ3n) is 3.23. The molecule has 0 saturated carbocycles. The van der Waals surface area contributed by atoms with E-state index in [9.17, 15) is 9.59 Å². The number of hydrazine groups is 1. The Hall–Kier alpha value is -2.79. The minimum atomic E-state index is -0.412. The number of nitrogens with one attached hydrogen (secondary N) is 3. The lowest BCUT2D eigenvalue weighted by Gasteiger charge is -2.07. The number of carbonyl (C=O) groups is 2. The van der Waals surface area contributed by atoms with Crippen LogP contribution in [0, 0.1) is 0 Å². The van der Waals surface area contributed by atoms with Gasteiger partial charge in [-0.15, -0.1) is 0 Å². The van der Waals surface area contributed by atoms with Crippen LogP contribution in [0.5, 0.6) is 0 Å². The largest absolute Gasteiger partial charge is 0.360 e. The Balaban J connectivity index is 1.70. The Bertz CT molecular complexity index is 840. The lowest BCUT2D eigenvalue weighted by Crippen LogP contribution is -2.41. The molecule has 0 spiro atoms. The number of rotatable bonds is 2. The number of amides is 2. The summed E-state index contributed by atoms with van der Waals surface area (Å²) in [6.45, 7) is 0. The van der Waals surface area contributed by atoms with E-state index < -0.39 is 5.91 Å². The predicted octanol–water partition coefficient (Wildman–Crippen LogP) is 2.90. The van der Waals surface area contributed by atoms with Crippen LogP contribution < -0.4 is 10.9 Å². The summed E-state index contributed by atoms with van der Waals surface area (Å²) >= 11 is 5.76. The van der Waals surface area contributed by atoms with Crippen LogP contribution in [0.1, 0.15) is 20.7 Å². The first-order valence-corrected chi connectivity index (χ1v) is 6.95. The van der Waals surface area contributed by atoms with Gasteiger partial charge in [0.15, 0.2) is 0 Å². The van der Waals surface area contributed by atoms with Crippen molar-refractivity contribution in [2.75, 3.05) is 0 Å². The van der Waals surface area contributed by atoms with E-state index >= 15 is 0 Å². The van der Waals surface area contributed by atoms with Gasteiger partial charge in [0.05, 0.1) is 5.56 Å². The smallest absolute Gasteiger partial charge is 0.271 e. The molecule has 22 heavy (non-hydrogen) atoms. The number of benzene rings is 2. The van der Waals surface area contributed by atoms with Crippen LogP contribution in [0.25, 0.3) is 10.9 Å². The van der Waals surface area contributed by atoms with Gasteiger partial charge in [-0.25, -0.2) is 0 Å². The van der Waals surface area contributed by atoms with Gasteiger partial charge < -0.3 is 4.98 Å². The summed E-state index contributed by atoms with van der Waals surface area (Å²) in [6.07, 6.45) is 1.61. The van der Waals surface area contributed by atoms with E-state index in [1.54, 1.807) is 30.5 Å². The average Bonchev–Trinajstić information content (AvgIpc) is 2.97. The van der Waals surface area contributed by atoms with Gasteiger partial charge in [0.25, 0.3) is 11.8 Å². The second-order valence-corrected chi connectivity index (χ2v) is 5.10. The minimum Gasteiger partial charge on any atom is -0.360 e. The maximum Gasteiger partial charge on any atom is 0.271 e. The number of para-hydroxylation sites is 1. The van der Waals surface area contributed by atoms with E-state index in [1.807, 2.05) is 24.3 Å². The van der Waals surface area contributed by atoms with Crippen LogP contribution in [-0.2, 0) is 0 Å². The van der Waals surface area contributed by atoms with Crippen molar-refractivity contribution in [1.82, 2.24) is 15.8 Å². The SMILES string of the molecule is O=C(NNC(=O)c1c[nH]c2ccccc12)c1ccc(Cl)cc1. The Labute approximate surface area is 131 Å². The number of carbonyl (C=O) groups excluding carboxylic acids is 2. The lowest BCUT2D eigenvalue weighted by molar-refractivity contribution is 0.0847. The number of aromatic nitrogens is 1. The molecule has 3 aromatic rings. The summed E-state index contributed by atoms with van der Waals surface area (Å²) in [4.78, 5) is 27.1. The number of aromatic amines is 1. The highest BCUT2D eigenvalue weighted by Gasteiger charge is 2.13. The molecule has 1 aromatic heterocycles. The van der Waals surface area contributed by atoms with Crippen molar-refractivity contribution in [2.45, 2.75) is 0 Å². The number of H-pyrrole nitrogens is 1. The van der Waals surface area contributed by atoms with Gasteiger partial charge in [-0.1, -0.05) is 29.8 Å². The molecule has 0 saturated heterocycles. The first-order chi connectivity index (χ1) is 10.6. The first-order valence-electron chi connectivity index (χ1n) is 6.57. The molecule has 0 bridgehead atoms. The average molecular weight is 314 g/mol. The van der Waals surface area contributed by atoms with Crippen LogP contribution in [0.3, 0.4) is 0 Å². The first kappa shape index (κ1) is 14.2. The standard InChI is InChI=1S/C16H12ClN3O2/c17-11-7-5-10(6-8-11)15(21)19-20-16(22)13-9-18-14-4-2-1-3-12(13)14/h1-9,18H,(H,19,21)(H,20,22). The number of hydrogen-bond donors (Lipinski definition) is 3. The van der Waals surface area contributed by atoms with E-state index in [4.69, 9.17) is 11.6 Å².